The molecule has 9 heteroatoms. The molecule has 0 spiro atoms. The van der Waals surface area contributed by atoms with Crippen LogP contribution in [0, 0.1) is 10.1 Å². The molecule has 1 heterocycles. The van der Waals surface area contributed by atoms with Crippen LogP contribution in [0.1, 0.15) is 11.4 Å². The molecule has 2 N–H and O–H groups in total. The molecule has 1 aromatic heterocycles. The van der Waals surface area contributed by atoms with Gasteiger partial charge in [0.15, 0.2) is 0 Å². The summed E-state index contributed by atoms with van der Waals surface area (Å²) in [5.41, 5.74) is -0.0691. The van der Waals surface area contributed by atoms with E-state index in [0.717, 1.165) is 0 Å². The van der Waals surface area contributed by atoms with Gasteiger partial charge in [0.25, 0.3) is 5.69 Å². The molecule has 0 radical (unpaired) electrons. The van der Waals surface area contributed by atoms with Crippen molar-refractivity contribution in [2.24, 2.45) is 0 Å². The van der Waals surface area contributed by atoms with Gasteiger partial charge in [0, 0.05) is 24.0 Å². The molecule has 0 amide bonds. The number of nitro benzene ring substituents is 1. The highest BCUT2D eigenvalue weighted by Crippen LogP contribution is 2.19. The van der Waals surface area contributed by atoms with Gasteiger partial charge in [-0.15, -0.1) is 0 Å². The zero-order valence-corrected chi connectivity index (χ0v) is 11.1. The van der Waals surface area contributed by atoms with Gasteiger partial charge < -0.3 is 4.98 Å². The largest absolute Gasteiger partial charge is 0.347 e. The number of imidazole rings is 1. The molecule has 0 aliphatic heterocycles. The number of nitrogens with zero attached hydrogens (tertiary/aromatic N) is 2. The number of nitro groups is 1. The molecule has 8 nitrogen and oxygen atoms in total. The second-order valence-electron chi connectivity index (χ2n) is 4.00. The minimum atomic E-state index is -3.68. The Morgan fingerprint density at radius 3 is 2.75 bits per heavy atom. The van der Waals surface area contributed by atoms with E-state index in [1.165, 1.54) is 24.4 Å². The smallest absolute Gasteiger partial charge is 0.273 e. The molecule has 0 aliphatic rings. The minimum absolute atomic E-state index is 0.00989. The van der Waals surface area contributed by atoms with Gasteiger partial charge in [0.05, 0.1) is 17.2 Å². The van der Waals surface area contributed by atoms with Crippen LogP contribution in [0.4, 0.5) is 5.69 Å². The molecule has 0 atom stereocenters. The fourth-order valence-corrected chi connectivity index (χ4v) is 2.75. The summed E-state index contributed by atoms with van der Waals surface area (Å²) >= 11 is 0. The normalized spacial score (nSPS) is 11.4. The highest BCUT2D eigenvalue weighted by molar-refractivity contribution is 7.88. The van der Waals surface area contributed by atoms with Crippen molar-refractivity contribution in [3.8, 4) is 0 Å². The van der Waals surface area contributed by atoms with Crippen molar-refractivity contribution in [2.75, 3.05) is 0 Å². The quantitative estimate of drug-likeness (QED) is 0.607. The SMILES string of the molecule is O=[N+]([O-])c1ccccc1CS(=O)(=O)NCc1ncc[nH]1. The van der Waals surface area contributed by atoms with E-state index >= 15 is 0 Å². The molecule has 0 bridgehead atoms. The lowest BCUT2D eigenvalue weighted by atomic mass is 10.2. The van der Waals surface area contributed by atoms with Gasteiger partial charge in [-0.1, -0.05) is 18.2 Å². The van der Waals surface area contributed by atoms with Crippen molar-refractivity contribution in [3.05, 3.63) is 58.2 Å². The Bertz CT molecular complexity index is 697. The monoisotopic (exact) mass is 296 g/mol. The summed E-state index contributed by atoms with van der Waals surface area (Å²) in [5.74, 6) is 0.0151. The van der Waals surface area contributed by atoms with Gasteiger partial charge in [-0.2, -0.15) is 0 Å². The maximum absolute atomic E-state index is 11.9. The molecule has 2 aromatic rings. The van der Waals surface area contributed by atoms with Crippen LogP contribution in [-0.2, 0) is 22.3 Å². The third-order valence-corrected chi connectivity index (χ3v) is 3.82. The maximum atomic E-state index is 11.9. The topological polar surface area (TPSA) is 118 Å². The van der Waals surface area contributed by atoms with Crippen molar-refractivity contribution in [1.82, 2.24) is 14.7 Å². The Morgan fingerprint density at radius 2 is 2.10 bits per heavy atom. The molecule has 20 heavy (non-hydrogen) atoms. The van der Waals surface area contributed by atoms with Crippen LogP contribution in [0.2, 0.25) is 0 Å². The van der Waals surface area contributed by atoms with Gasteiger partial charge in [0.1, 0.15) is 5.82 Å². The fraction of sp³-hybridized carbons (Fsp3) is 0.182. The summed E-state index contributed by atoms with van der Waals surface area (Å²) < 4.78 is 26.1. The molecule has 0 aliphatic carbocycles. The van der Waals surface area contributed by atoms with E-state index in [1.807, 2.05) is 0 Å². The Kier molecular flexibility index (Phi) is 4.11. The lowest BCUT2D eigenvalue weighted by molar-refractivity contribution is -0.385. The van der Waals surface area contributed by atoms with Gasteiger partial charge in [-0.3, -0.25) is 10.1 Å². The number of benzene rings is 1. The van der Waals surface area contributed by atoms with E-state index in [0.29, 0.717) is 5.82 Å². The third-order valence-electron chi connectivity index (χ3n) is 2.55. The minimum Gasteiger partial charge on any atom is -0.347 e. The van der Waals surface area contributed by atoms with Crippen LogP contribution in [0.15, 0.2) is 36.7 Å². The number of aromatic amines is 1. The van der Waals surface area contributed by atoms with E-state index in [4.69, 9.17) is 0 Å². The molecule has 0 fully saturated rings. The molecule has 0 saturated heterocycles. The number of aromatic nitrogens is 2. The van der Waals surface area contributed by atoms with Gasteiger partial charge in [0.2, 0.25) is 10.0 Å². The predicted octanol–water partition coefficient (Wildman–Crippen LogP) is 0.938. The average Bonchev–Trinajstić information content (AvgIpc) is 2.89. The number of para-hydroxylation sites is 1. The summed E-state index contributed by atoms with van der Waals surface area (Å²) in [6.45, 7) is 0.00989. The maximum Gasteiger partial charge on any atom is 0.273 e. The molecule has 0 saturated carbocycles. The summed E-state index contributed by atoms with van der Waals surface area (Å²) in [5, 5.41) is 10.8. The summed E-state index contributed by atoms with van der Waals surface area (Å²) in [6.07, 6.45) is 3.08. The van der Waals surface area contributed by atoms with Crippen molar-refractivity contribution in [1.29, 1.82) is 0 Å². The summed E-state index contributed by atoms with van der Waals surface area (Å²) in [4.78, 5) is 16.9. The molecule has 2 rings (SSSR count). The molecular formula is C11H12N4O4S. The predicted molar refractivity (Wildman–Crippen MR) is 71.1 cm³/mol. The van der Waals surface area contributed by atoms with Crippen LogP contribution in [0.3, 0.4) is 0 Å². The summed E-state index contributed by atoms with van der Waals surface area (Å²) in [7, 11) is -3.68. The standard InChI is InChI=1S/C11H12N4O4S/c16-15(17)10-4-2-1-3-9(10)8-20(18,19)14-7-11-12-5-6-13-11/h1-6,14H,7-8H2,(H,12,13). The first-order chi connectivity index (χ1) is 9.48. The number of rotatable bonds is 6. The van der Waals surface area contributed by atoms with E-state index < -0.39 is 20.7 Å². The number of sulfonamides is 1. The van der Waals surface area contributed by atoms with E-state index in [1.54, 1.807) is 12.3 Å². The number of hydrogen-bond acceptors (Lipinski definition) is 5. The highest BCUT2D eigenvalue weighted by Gasteiger charge is 2.19. The van der Waals surface area contributed by atoms with Crippen molar-refractivity contribution < 1.29 is 13.3 Å². The Balaban J connectivity index is 2.10. The average molecular weight is 296 g/mol. The fourth-order valence-electron chi connectivity index (χ4n) is 1.64. The summed E-state index contributed by atoms with van der Waals surface area (Å²) in [6, 6.07) is 5.75. The van der Waals surface area contributed by atoms with Crippen LogP contribution in [-0.4, -0.2) is 23.3 Å². The van der Waals surface area contributed by atoms with Gasteiger partial charge in [-0.25, -0.2) is 18.1 Å². The second-order valence-corrected chi connectivity index (χ2v) is 5.81. The Hall–Kier alpha value is -2.26. The van der Waals surface area contributed by atoms with Crippen molar-refractivity contribution >= 4 is 15.7 Å². The van der Waals surface area contributed by atoms with Crippen molar-refractivity contribution in [3.63, 3.8) is 0 Å². The first-order valence-corrected chi connectivity index (χ1v) is 7.31. The Morgan fingerprint density at radius 1 is 1.35 bits per heavy atom. The first-order valence-electron chi connectivity index (χ1n) is 5.66. The van der Waals surface area contributed by atoms with E-state index in [9.17, 15) is 18.5 Å². The van der Waals surface area contributed by atoms with Crippen molar-refractivity contribution in [2.45, 2.75) is 12.3 Å². The first kappa shape index (κ1) is 14.2. The van der Waals surface area contributed by atoms with Crippen LogP contribution in [0.5, 0.6) is 0 Å². The lowest BCUT2D eigenvalue weighted by Crippen LogP contribution is -2.25. The molecule has 1 aromatic carbocycles. The zero-order chi connectivity index (χ0) is 14.6. The highest BCUT2D eigenvalue weighted by atomic mass is 32.2. The number of H-pyrrole nitrogens is 1. The van der Waals surface area contributed by atoms with Crippen LogP contribution >= 0.6 is 0 Å². The second kappa shape index (κ2) is 5.80. The number of hydrogen-bond donors (Lipinski definition) is 2. The number of nitrogens with one attached hydrogen (secondary N) is 2. The van der Waals surface area contributed by atoms with Gasteiger partial charge >= 0.3 is 0 Å². The molecule has 0 unspecified atom stereocenters. The third kappa shape index (κ3) is 3.62. The van der Waals surface area contributed by atoms with E-state index in [2.05, 4.69) is 14.7 Å². The molecular weight excluding hydrogens is 284 g/mol. The zero-order valence-electron chi connectivity index (χ0n) is 10.3. The Labute approximate surface area is 115 Å². The van der Waals surface area contributed by atoms with Crippen LogP contribution < -0.4 is 4.72 Å². The van der Waals surface area contributed by atoms with E-state index in [-0.39, 0.29) is 17.8 Å². The van der Waals surface area contributed by atoms with Gasteiger partial charge in [-0.05, 0) is 0 Å². The molecule has 106 valence electrons. The lowest BCUT2D eigenvalue weighted by Gasteiger charge is -2.06. The van der Waals surface area contributed by atoms with Crippen LogP contribution in [0.25, 0.3) is 0 Å².